The van der Waals surface area contributed by atoms with Crippen LogP contribution < -0.4 is 5.56 Å². The number of rotatable bonds is 11. The molecule has 2 aromatic heterocycles. The predicted octanol–water partition coefficient (Wildman–Crippen LogP) is 5.85. The predicted molar refractivity (Wildman–Crippen MR) is 166 cm³/mol. The normalized spacial score (nSPS) is 10.9. The maximum absolute atomic E-state index is 13.8. The Hall–Kier alpha value is -5.51. The number of hydrogen-bond donors (Lipinski definition) is 1. The largest absolute Gasteiger partial charge is 0.505 e. The lowest BCUT2D eigenvalue weighted by Gasteiger charge is -2.19. The summed E-state index contributed by atoms with van der Waals surface area (Å²) in [5.41, 5.74) is 2.22. The molecule has 0 unspecified atom stereocenters. The molecule has 1 N–H and O–H groups in total. The molecule has 0 aliphatic heterocycles. The van der Waals surface area contributed by atoms with Gasteiger partial charge in [-0.25, -0.2) is 14.0 Å². The van der Waals surface area contributed by atoms with E-state index in [1.165, 1.54) is 27.8 Å². The Morgan fingerprint density at radius 1 is 0.867 bits per heavy atom. The second-order valence-corrected chi connectivity index (χ2v) is 10.6. The van der Waals surface area contributed by atoms with E-state index < -0.39 is 28.9 Å². The van der Waals surface area contributed by atoms with Crippen molar-refractivity contribution in [1.29, 1.82) is 0 Å². The number of esters is 1. The maximum atomic E-state index is 13.8. The van der Waals surface area contributed by atoms with Crippen LogP contribution in [0.2, 0.25) is 0 Å². The van der Waals surface area contributed by atoms with Crippen LogP contribution in [0.3, 0.4) is 0 Å². The van der Waals surface area contributed by atoms with E-state index in [2.05, 4.69) is 4.98 Å². The molecule has 0 atom stereocenters. The van der Waals surface area contributed by atoms with Crippen molar-refractivity contribution in [3.63, 3.8) is 0 Å². The standard InChI is InChI=1S/C35H32FN3O6/c1-38(35(43)45-23-26-11-6-3-7-12-26)17-8-18-39-29-20-27(19-24-13-15-28(36)16-14-24)21-37-31(29)32(40)30(33(39)41)34(42)44-22-25-9-4-2-5-10-25/h2-7,9-16,20-21,40H,8,17-19,22-23H2,1H3. The fourth-order valence-electron chi connectivity index (χ4n) is 4.87. The molecule has 230 valence electrons. The van der Waals surface area contributed by atoms with Gasteiger partial charge in [-0.1, -0.05) is 72.8 Å². The third kappa shape index (κ3) is 7.72. The number of fused-ring (bicyclic) bond motifs is 1. The van der Waals surface area contributed by atoms with E-state index in [0.29, 0.717) is 23.9 Å². The van der Waals surface area contributed by atoms with Crippen molar-refractivity contribution < 1.29 is 28.6 Å². The molecule has 0 aliphatic rings. The number of halogens is 1. The number of aryl methyl sites for hydroxylation is 1. The fourth-order valence-corrected chi connectivity index (χ4v) is 4.87. The van der Waals surface area contributed by atoms with Crippen molar-refractivity contribution in [2.24, 2.45) is 0 Å². The average molecular weight is 610 g/mol. The summed E-state index contributed by atoms with van der Waals surface area (Å²) in [5, 5.41) is 11.1. The molecule has 1 amide bonds. The van der Waals surface area contributed by atoms with Gasteiger partial charge in [-0.05, 0) is 53.3 Å². The number of hydrogen-bond acceptors (Lipinski definition) is 7. The van der Waals surface area contributed by atoms with Crippen molar-refractivity contribution >= 4 is 23.1 Å². The van der Waals surface area contributed by atoms with Gasteiger partial charge < -0.3 is 24.0 Å². The molecule has 0 aliphatic carbocycles. The van der Waals surface area contributed by atoms with E-state index in [-0.39, 0.29) is 37.6 Å². The second-order valence-electron chi connectivity index (χ2n) is 10.6. The first-order valence-corrected chi connectivity index (χ1v) is 14.4. The fraction of sp³-hybridized carbons (Fsp3) is 0.200. The summed E-state index contributed by atoms with van der Waals surface area (Å²) in [6.45, 7) is 0.394. The van der Waals surface area contributed by atoms with Crippen LogP contribution in [0.4, 0.5) is 9.18 Å². The Morgan fingerprint density at radius 3 is 2.13 bits per heavy atom. The Morgan fingerprint density at radius 2 is 1.49 bits per heavy atom. The third-order valence-electron chi connectivity index (χ3n) is 7.27. The van der Waals surface area contributed by atoms with Gasteiger partial charge in [0.2, 0.25) is 0 Å². The Bertz CT molecular complexity index is 1840. The first-order chi connectivity index (χ1) is 21.8. The number of carbonyl (C=O) groups is 2. The van der Waals surface area contributed by atoms with Crippen molar-refractivity contribution in [2.75, 3.05) is 13.6 Å². The van der Waals surface area contributed by atoms with Gasteiger partial charge in [0, 0.05) is 26.3 Å². The van der Waals surface area contributed by atoms with E-state index in [0.717, 1.165) is 16.7 Å². The molecule has 3 aromatic carbocycles. The number of pyridine rings is 2. The minimum Gasteiger partial charge on any atom is -0.505 e. The van der Waals surface area contributed by atoms with Crippen LogP contribution >= 0.6 is 0 Å². The van der Waals surface area contributed by atoms with Gasteiger partial charge >= 0.3 is 12.1 Å². The Kier molecular flexibility index (Phi) is 9.83. The van der Waals surface area contributed by atoms with E-state index in [4.69, 9.17) is 9.47 Å². The molecule has 0 radical (unpaired) electrons. The molecule has 45 heavy (non-hydrogen) atoms. The number of aromatic nitrogens is 2. The second kappa shape index (κ2) is 14.3. The summed E-state index contributed by atoms with van der Waals surface area (Å²) in [7, 11) is 1.60. The van der Waals surface area contributed by atoms with Crippen LogP contribution in [0.25, 0.3) is 11.0 Å². The van der Waals surface area contributed by atoms with Crippen LogP contribution in [0, 0.1) is 5.82 Å². The van der Waals surface area contributed by atoms with Gasteiger partial charge in [-0.2, -0.15) is 0 Å². The molecule has 0 saturated heterocycles. The van der Waals surface area contributed by atoms with E-state index in [1.807, 2.05) is 36.4 Å². The van der Waals surface area contributed by atoms with Gasteiger partial charge in [0.05, 0.1) is 5.52 Å². The van der Waals surface area contributed by atoms with Crippen molar-refractivity contribution in [2.45, 2.75) is 32.6 Å². The number of aromatic hydroxyl groups is 1. The van der Waals surface area contributed by atoms with Gasteiger partial charge in [-0.3, -0.25) is 9.78 Å². The van der Waals surface area contributed by atoms with Crippen LogP contribution in [-0.2, 0) is 35.7 Å². The number of amides is 1. The van der Waals surface area contributed by atoms with Crippen LogP contribution in [0.5, 0.6) is 5.75 Å². The van der Waals surface area contributed by atoms with E-state index in [9.17, 15) is 23.9 Å². The van der Waals surface area contributed by atoms with E-state index in [1.54, 1.807) is 49.5 Å². The summed E-state index contributed by atoms with van der Waals surface area (Å²) >= 11 is 0. The topological polar surface area (TPSA) is 111 Å². The van der Waals surface area contributed by atoms with Gasteiger partial charge in [-0.15, -0.1) is 0 Å². The lowest BCUT2D eigenvalue weighted by Crippen LogP contribution is -2.32. The molecule has 0 fully saturated rings. The highest BCUT2D eigenvalue weighted by atomic mass is 19.1. The quantitative estimate of drug-likeness (QED) is 0.187. The van der Waals surface area contributed by atoms with Crippen molar-refractivity contribution in [3.05, 3.63) is 141 Å². The van der Waals surface area contributed by atoms with Crippen molar-refractivity contribution in [3.8, 4) is 5.75 Å². The summed E-state index contributed by atoms with van der Waals surface area (Å²) < 4.78 is 25.6. The minimum atomic E-state index is -0.976. The maximum Gasteiger partial charge on any atom is 0.409 e. The Labute approximate surface area is 259 Å². The number of nitrogens with zero attached hydrogens (tertiary/aromatic N) is 3. The first-order valence-electron chi connectivity index (χ1n) is 14.4. The van der Waals surface area contributed by atoms with Crippen LogP contribution in [0.15, 0.2) is 102 Å². The molecule has 5 aromatic rings. The molecular formula is C35H32FN3O6. The average Bonchev–Trinajstić information content (AvgIpc) is 3.06. The smallest absolute Gasteiger partial charge is 0.409 e. The van der Waals surface area contributed by atoms with Crippen LogP contribution in [0.1, 0.15) is 39.0 Å². The lowest BCUT2D eigenvalue weighted by molar-refractivity contribution is 0.0466. The zero-order valence-corrected chi connectivity index (χ0v) is 24.7. The summed E-state index contributed by atoms with van der Waals surface area (Å²) in [5.74, 6) is -1.90. The molecule has 10 heteroatoms. The monoisotopic (exact) mass is 609 g/mol. The SMILES string of the molecule is CN(CCCn1c(=O)c(C(=O)OCc2ccccc2)c(O)c2ncc(Cc3ccc(F)cc3)cc21)C(=O)OCc1ccccc1. The molecule has 9 nitrogen and oxygen atoms in total. The number of benzene rings is 3. The highest BCUT2D eigenvalue weighted by Gasteiger charge is 2.25. The first kappa shape index (κ1) is 30.9. The summed E-state index contributed by atoms with van der Waals surface area (Å²) in [4.78, 5) is 45.3. The highest BCUT2D eigenvalue weighted by Crippen LogP contribution is 2.27. The van der Waals surface area contributed by atoms with Gasteiger partial charge in [0.15, 0.2) is 11.3 Å². The highest BCUT2D eigenvalue weighted by molar-refractivity contribution is 5.98. The zero-order valence-electron chi connectivity index (χ0n) is 24.7. The summed E-state index contributed by atoms with van der Waals surface area (Å²) in [6, 6.07) is 26.0. The minimum absolute atomic E-state index is 0.0553. The van der Waals surface area contributed by atoms with Crippen molar-refractivity contribution in [1.82, 2.24) is 14.5 Å². The number of carbonyl (C=O) groups excluding carboxylic acids is 2. The number of ether oxygens (including phenoxy) is 2. The molecule has 5 rings (SSSR count). The Balaban J connectivity index is 1.39. The van der Waals surface area contributed by atoms with Crippen LogP contribution in [-0.4, -0.2) is 45.2 Å². The molecule has 2 heterocycles. The molecular weight excluding hydrogens is 577 g/mol. The molecule has 0 bridgehead atoms. The molecule has 0 spiro atoms. The van der Waals surface area contributed by atoms with Gasteiger partial charge in [0.25, 0.3) is 5.56 Å². The zero-order chi connectivity index (χ0) is 31.8. The van der Waals surface area contributed by atoms with Gasteiger partial charge in [0.1, 0.15) is 24.5 Å². The summed E-state index contributed by atoms with van der Waals surface area (Å²) in [6.07, 6.45) is 1.75. The lowest BCUT2D eigenvalue weighted by atomic mass is 10.1. The van der Waals surface area contributed by atoms with E-state index >= 15 is 0 Å². The molecule has 0 saturated carbocycles. The third-order valence-corrected chi connectivity index (χ3v) is 7.27.